The van der Waals surface area contributed by atoms with Crippen molar-refractivity contribution in [1.29, 1.82) is 0 Å². The average molecular weight is 285 g/mol. The maximum atomic E-state index is 12.3. The molecule has 1 amide bonds. The number of hydrogen-bond acceptors (Lipinski definition) is 2. The molecule has 0 spiro atoms. The molecule has 0 N–H and O–H groups in total. The fourth-order valence-electron chi connectivity index (χ4n) is 2.09. The molecule has 0 aliphatic carbocycles. The van der Waals surface area contributed by atoms with Gasteiger partial charge in [0, 0.05) is 17.6 Å². The molecule has 1 rings (SSSR count). The van der Waals surface area contributed by atoms with Gasteiger partial charge in [0.25, 0.3) is 0 Å². The van der Waals surface area contributed by atoms with Gasteiger partial charge < -0.3 is 4.74 Å². The summed E-state index contributed by atoms with van der Waals surface area (Å²) >= 11 is 0. The highest BCUT2D eigenvalue weighted by Gasteiger charge is 2.49. The summed E-state index contributed by atoms with van der Waals surface area (Å²) in [5, 5.41) is 0. The van der Waals surface area contributed by atoms with E-state index in [2.05, 4.69) is 46.4 Å². The van der Waals surface area contributed by atoms with Gasteiger partial charge in [-0.25, -0.2) is 4.79 Å². The summed E-state index contributed by atoms with van der Waals surface area (Å²) in [7, 11) is -1.24. The van der Waals surface area contributed by atoms with Crippen LogP contribution >= 0.6 is 10.2 Å². The summed E-state index contributed by atoms with van der Waals surface area (Å²) in [5.41, 5.74) is -0.476. The van der Waals surface area contributed by atoms with Gasteiger partial charge in [0.1, 0.15) is 5.60 Å². The van der Waals surface area contributed by atoms with Crippen molar-refractivity contribution >= 4 is 16.3 Å². The quantitative estimate of drug-likeness (QED) is 0.712. The second kappa shape index (κ2) is 5.23. The van der Waals surface area contributed by atoms with Crippen molar-refractivity contribution in [3.05, 3.63) is 25.3 Å². The summed E-state index contributed by atoms with van der Waals surface area (Å²) in [6, 6.07) is 0. The lowest BCUT2D eigenvalue weighted by atomic mass is 9.96. The molecule has 1 aliphatic heterocycles. The fraction of sp³-hybridized carbons (Fsp3) is 0.667. The van der Waals surface area contributed by atoms with Crippen LogP contribution in [-0.4, -0.2) is 39.8 Å². The summed E-state index contributed by atoms with van der Waals surface area (Å²) in [6.45, 7) is 14.7. The Kier molecular flexibility index (Phi) is 4.45. The number of nitrogens with zero attached hydrogens (tertiary/aromatic N) is 1. The van der Waals surface area contributed by atoms with Crippen molar-refractivity contribution in [2.75, 3.05) is 19.1 Å². The van der Waals surface area contributed by atoms with Crippen LogP contribution in [0.1, 0.15) is 33.6 Å². The van der Waals surface area contributed by atoms with E-state index in [9.17, 15) is 4.79 Å². The van der Waals surface area contributed by atoms with Gasteiger partial charge in [0.15, 0.2) is 0 Å². The Morgan fingerprint density at radius 1 is 1.32 bits per heavy atom. The van der Waals surface area contributed by atoms with E-state index < -0.39 is 15.8 Å². The normalized spacial score (nSPS) is 20.1. The van der Waals surface area contributed by atoms with Crippen LogP contribution in [0.5, 0.6) is 0 Å². The molecule has 0 aromatic rings. The number of hydrogen-bond donors (Lipinski definition) is 0. The molecule has 110 valence electrons. The van der Waals surface area contributed by atoms with E-state index in [0.29, 0.717) is 19.4 Å². The Bertz CT molecular complexity index is 372. The van der Waals surface area contributed by atoms with E-state index in [0.717, 1.165) is 0 Å². The van der Waals surface area contributed by atoms with Crippen molar-refractivity contribution in [3.8, 4) is 0 Å². The van der Waals surface area contributed by atoms with Gasteiger partial charge >= 0.3 is 6.09 Å². The molecule has 1 fully saturated rings. The standard InChI is InChI=1S/C15H27NO2S/c1-8-10-15(11-9-2)12-16(13(17)18-15)19(6,7)14(3,4)5/h8-9H,1-2,10-12H2,3-7H3. The Hall–Kier alpha value is -0.900. The zero-order valence-corrected chi connectivity index (χ0v) is 13.7. The second-order valence-corrected chi connectivity index (χ2v) is 10.7. The Labute approximate surface area is 119 Å². The Morgan fingerprint density at radius 2 is 1.79 bits per heavy atom. The summed E-state index contributed by atoms with van der Waals surface area (Å²) in [6.07, 6.45) is 9.12. The molecular weight excluding hydrogens is 258 g/mol. The lowest BCUT2D eigenvalue weighted by Crippen LogP contribution is -2.40. The van der Waals surface area contributed by atoms with E-state index in [1.165, 1.54) is 0 Å². The summed E-state index contributed by atoms with van der Waals surface area (Å²) in [5.74, 6) is 0. The van der Waals surface area contributed by atoms with Crippen LogP contribution in [0.3, 0.4) is 0 Å². The minimum Gasteiger partial charge on any atom is -0.440 e. The smallest absolute Gasteiger partial charge is 0.419 e. The van der Waals surface area contributed by atoms with Gasteiger partial charge in [-0.15, -0.1) is 13.2 Å². The fourth-order valence-corrected chi connectivity index (χ4v) is 3.72. The van der Waals surface area contributed by atoms with Crippen LogP contribution in [0.2, 0.25) is 0 Å². The zero-order chi connectivity index (χ0) is 14.9. The zero-order valence-electron chi connectivity index (χ0n) is 12.9. The number of cyclic esters (lactones) is 1. The van der Waals surface area contributed by atoms with E-state index in [4.69, 9.17) is 4.74 Å². The number of rotatable bonds is 5. The average Bonchev–Trinajstić information content (AvgIpc) is 2.55. The highest BCUT2D eigenvalue weighted by atomic mass is 32.3. The highest BCUT2D eigenvalue weighted by Crippen LogP contribution is 2.58. The van der Waals surface area contributed by atoms with Crippen molar-refractivity contribution in [2.24, 2.45) is 0 Å². The molecule has 0 bridgehead atoms. The molecule has 4 heteroatoms. The van der Waals surface area contributed by atoms with Gasteiger partial charge in [-0.1, -0.05) is 32.9 Å². The largest absolute Gasteiger partial charge is 0.440 e. The van der Waals surface area contributed by atoms with Gasteiger partial charge in [-0.3, -0.25) is 4.31 Å². The molecule has 0 aromatic carbocycles. The van der Waals surface area contributed by atoms with Gasteiger partial charge in [-0.2, -0.15) is 10.2 Å². The third kappa shape index (κ3) is 2.99. The third-order valence-electron chi connectivity index (χ3n) is 4.02. The molecular formula is C15H27NO2S. The minimum absolute atomic E-state index is 0.0600. The van der Waals surface area contributed by atoms with Crippen molar-refractivity contribution in [3.63, 3.8) is 0 Å². The predicted molar refractivity (Wildman–Crippen MR) is 84.7 cm³/mol. The monoisotopic (exact) mass is 285 g/mol. The molecule has 1 heterocycles. The van der Waals surface area contributed by atoms with E-state index in [-0.39, 0.29) is 10.8 Å². The first-order valence-corrected chi connectivity index (χ1v) is 8.96. The second-order valence-electron chi connectivity index (χ2n) is 6.46. The third-order valence-corrected chi connectivity index (χ3v) is 8.40. The lowest BCUT2D eigenvalue weighted by Gasteiger charge is -2.49. The number of amides is 1. The molecule has 1 aliphatic rings. The molecule has 0 radical (unpaired) electrons. The van der Waals surface area contributed by atoms with E-state index >= 15 is 0 Å². The maximum absolute atomic E-state index is 12.3. The molecule has 0 atom stereocenters. The topological polar surface area (TPSA) is 29.5 Å². The number of carbonyl (C=O) groups excluding carboxylic acids is 1. The maximum Gasteiger partial charge on any atom is 0.419 e. The van der Waals surface area contributed by atoms with Crippen LogP contribution in [-0.2, 0) is 4.74 Å². The van der Waals surface area contributed by atoms with Crippen LogP contribution < -0.4 is 0 Å². The molecule has 1 saturated heterocycles. The van der Waals surface area contributed by atoms with Crippen molar-refractivity contribution < 1.29 is 9.53 Å². The van der Waals surface area contributed by atoms with E-state index in [1.807, 2.05) is 16.5 Å². The van der Waals surface area contributed by atoms with Gasteiger partial charge in [-0.05, 0) is 12.5 Å². The number of carbonyl (C=O) groups is 1. The molecule has 19 heavy (non-hydrogen) atoms. The molecule has 0 saturated carbocycles. The highest BCUT2D eigenvalue weighted by molar-refractivity contribution is 8.32. The predicted octanol–water partition coefficient (Wildman–Crippen LogP) is 4.11. The van der Waals surface area contributed by atoms with Crippen LogP contribution in [0.4, 0.5) is 4.79 Å². The van der Waals surface area contributed by atoms with E-state index in [1.54, 1.807) is 0 Å². The summed E-state index contributed by atoms with van der Waals surface area (Å²) in [4.78, 5) is 12.3. The first-order valence-electron chi connectivity index (χ1n) is 6.55. The van der Waals surface area contributed by atoms with Crippen LogP contribution in [0.25, 0.3) is 0 Å². The molecule has 0 unspecified atom stereocenters. The SMILES string of the molecule is C=CCC1(CC=C)CN(S(C)(C)C(C)(C)C)C(=O)O1. The van der Waals surface area contributed by atoms with Crippen molar-refractivity contribution in [1.82, 2.24) is 4.31 Å². The van der Waals surface area contributed by atoms with Crippen molar-refractivity contribution in [2.45, 2.75) is 44.0 Å². The first-order chi connectivity index (χ1) is 8.59. The molecule has 0 aromatic heterocycles. The first kappa shape index (κ1) is 16.2. The van der Waals surface area contributed by atoms with Gasteiger partial charge in [0.05, 0.1) is 6.54 Å². The minimum atomic E-state index is -1.24. The Morgan fingerprint density at radius 3 is 2.16 bits per heavy atom. The summed E-state index contributed by atoms with van der Waals surface area (Å²) < 4.78 is 7.68. The Balaban J connectivity index is 3.05. The lowest BCUT2D eigenvalue weighted by molar-refractivity contribution is 0.0617. The van der Waals surface area contributed by atoms with Crippen LogP contribution in [0.15, 0.2) is 25.3 Å². The molecule has 3 nitrogen and oxygen atoms in total. The van der Waals surface area contributed by atoms with Gasteiger partial charge in [0.2, 0.25) is 0 Å². The van der Waals surface area contributed by atoms with Crippen LogP contribution in [0, 0.1) is 0 Å². The number of ether oxygens (including phenoxy) is 1.